The SMILES string of the molecule is Cc1ccc(-c2c(C)sc3ncn(Cc4ccc(C(=O)OC(C)C)cc4)c(=O)c23)cc1. The number of esters is 1. The van der Waals surface area contributed by atoms with Gasteiger partial charge in [-0.3, -0.25) is 9.36 Å². The lowest BCUT2D eigenvalue weighted by molar-refractivity contribution is 0.0378. The lowest BCUT2D eigenvalue weighted by atomic mass is 10.0. The lowest BCUT2D eigenvalue weighted by Gasteiger charge is -2.09. The fourth-order valence-corrected chi connectivity index (χ4v) is 4.55. The summed E-state index contributed by atoms with van der Waals surface area (Å²) in [5.74, 6) is -0.349. The van der Waals surface area contributed by atoms with Gasteiger partial charge in [0, 0.05) is 10.4 Å². The first-order valence-corrected chi connectivity index (χ1v) is 11.0. The van der Waals surface area contributed by atoms with Crippen LogP contribution in [-0.2, 0) is 11.3 Å². The number of benzene rings is 2. The maximum Gasteiger partial charge on any atom is 0.338 e. The Kier molecular flexibility index (Phi) is 5.74. The second kappa shape index (κ2) is 8.47. The quantitative estimate of drug-likeness (QED) is 0.399. The first-order valence-electron chi connectivity index (χ1n) is 10.2. The molecule has 2 aromatic heterocycles. The largest absolute Gasteiger partial charge is 0.459 e. The second-order valence-corrected chi connectivity index (χ2v) is 9.11. The molecule has 6 heteroatoms. The Labute approximate surface area is 185 Å². The highest BCUT2D eigenvalue weighted by atomic mass is 32.1. The van der Waals surface area contributed by atoms with Crippen molar-refractivity contribution in [1.82, 2.24) is 9.55 Å². The number of fused-ring (bicyclic) bond motifs is 1. The molecule has 0 saturated heterocycles. The zero-order chi connectivity index (χ0) is 22.1. The van der Waals surface area contributed by atoms with E-state index in [1.165, 1.54) is 5.56 Å². The van der Waals surface area contributed by atoms with E-state index in [2.05, 4.69) is 29.2 Å². The minimum atomic E-state index is -0.349. The molecule has 5 nitrogen and oxygen atoms in total. The van der Waals surface area contributed by atoms with Crippen molar-refractivity contribution in [2.24, 2.45) is 0 Å². The van der Waals surface area contributed by atoms with Crippen molar-refractivity contribution in [3.8, 4) is 11.1 Å². The smallest absolute Gasteiger partial charge is 0.338 e. The van der Waals surface area contributed by atoms with Crippen LogP contribution in [0.5, 0.6) is 0 Å². The molecule has 0 aliphatic carbocycles. The van der Waals surface area contributed by atoms with Crippen LogP contribution < -0.4 is 5.56 Å². The topological polar surface area (TPSA) is 61.2 Å². The van der Waals surface area contributed by atoms with Crippen molar-refractivity contribution in [1.29, 1.82) is 0 Å². The minimum absolute atomic E-state index is 0.0618. The molecule has 0 N–H and O–H groups in total. The Balaban J connectivity index is 1.69. The summed E-state index contributed by atoms with van der Waals surface area (Å²) in [7, 11) is 0. The van der Waals surface area contributed by atoms with Crippen LogP contribution in [0.1, 0.15) is 40.2 Å². The maximum atomic E-state index is 13.4. The third kappa shape index (κ3) is 4.30. The monoisotopic (exact) mass is 432 g/mol. The molecular formula is C25H24N2O3S. The van der Waals surface area contributed by atoms with Crippen molar-refractivity contribution in [2.45, 2.75) is 40.3 Å². The number of carbonyl (C=O) groups is 1. The fourth-order valence-electron chi connectivity index (χ4n) is 3.54. The van der Waals surface area contributed by atoms with Gasteiger partial charge in [-0.05, 0) is 51.0 Å². The van der Waals surface area contributed by atoms with E-state index in [0.29, 0.717) is 17.5 Å². The van der Waals surface area contributed by atoms with E-state index >= 15 is 0 Å². The van der Waals surface area contributed by atoms with Gasteiger partial charge in [-0.2, -0.15) is 0 Å². The molecule has 0 amide bonds. The van der Waals surface area contributed by atoms with Gasteiger partial charge in [0.1, 0.15) is 4.83 Å². The van der Waals surface area contributed by atoms with E-state index in [1.54, 1.807) is 34.4 Å². The molecule has 0 saturated carbocycles. The third-order valence-electron chi connectivity index (χ3n) is 5.08. The molecule has 2 aromatic carbocycles. The molecule has 0 radical (unpaired) electrons. The molecule has 0 bridgehead atoms. The molecule has 31 heavy (non-hydrogen) atoms. The van der Waals surface area contributed by atoms with Gasteiger partial charge in [0.15, 0.2) is 0 Å². The highest BCUT2D eigenvalue weighted by Crippen LogP contribution is 2.35. The maximum absolute atomic E-state index is 13.4. The van der Waals surface area contributed by atoms with Crippen molar-refractivity contribution in [3.63, 3.8) is 0 Å². The van der Waals surface area contributed by atoms with Crippen LogP contribution in [0.4, 0.5) is 0 Å². The van der Waals surface area contributed by atoms with Gasteiger partial charge in [-0.25, -0.2) is 9.78 Å². The molecule has 0 atom stereocenters. The average molecular weight is 433 g/mol. The Morgan fingerprint density at radius 2 is 1.74 bits per heavy atom. The van der Waals surface area contributed by atoms with Crippen molar-refractivity contribution in [3.05, 3.63) is 86.8 Å². The Bertz CT molecular complexity index is 1300. The zero-order valence-electron chi connectivity index (χ0n) is 18.0. The predicted octanol–water partition coefficient (Wildman–Crippen LogP) is 5.36. The summed E-state index contributed by atoms with van der Waals surface area (Å²) in [5, 5.41) is 0.658. The molecule has 0 fully saturated rings. The van der Waals surface area contributed by atoms with E-state index < -0.39 is 0 Å². The highest BCUT2D eigenvalue weighted by Gasteiger charge is 2.17. The van der Waals surface area contributed by atoms with Crippen LogP contribution in [0.3, 0.4) is 0 Å². The summed E-state index contributed by atoms with van der Waals surface area (Å²) in [4.78, 5) is 31.8. The van der Waals surface area contributed by atoms with Crippen LogP contribution in [0.25, 0.3) is 21.3 Å². The molecule has 0 spiro atoms. The van der Waals surface area contributed by atoms with E-state index in [9.17, 15) is 9.59 Å². The Morgan fingerprint density at radius 1 is 1.06 bits per heavy atom. The molecule has 158 valence electrons. The van der Waals surface area contributed by atoms with Gasteiger partial charge in [-0.15, -0.1) is 11.3 Å². The first-order chi connectivity index (χ1) is 14.8. The second-order valence-electron chi connectivity index (χ2n) is 7.91. The predicted molar refractivity (Wildman–Crippen MR) is 125 cm³/mol. The highest BCUT2D eigenvalue weighted by molar-refractivity contribution is 7.19. The molecular weight excluding hydrogens is 408 g/mol. The first kappa shape index (κ1) is 21.0. The van der Waals surface area contributed by atoms with E-state index in [0.717, 1.165) is 26.4 Å². The Hall–Kier alpha value is -3.25. The fraction of sp³-hybridized carbons (Fsp3) is 0.240. The summed E-state index contributed by atoms with van der Waals surface area (Å²) in [6.45, 7) is 8.09. The number of nitrogens with zero attached hydrogens (tertiary/aromatic N) is 2. The third-order valence-corrected chi connectivity index (χ3v) is 6.09. The Morgan fingerprint density at radius 3 is 2.39 bits per heavy atom. The summed E-state index contributed by atoms with van der Waals surface area (Å²) in [6.07, 6.45) is 1.43. The van der Waals surface area contributed by atoms with Crippen LogP contribution >= 0.6 is 11.3 Å². The van der Waals surface area contributed by atoms with Crippen LogP contribution in [-0.4, -0.2) is 21.6 Å². The lowest BCUT2D eigenvalue weighted by Crippen LogP contribution is -2.21. The molecule has 0 unspecified atom stereocenters. The number of aryl methyl sites for hydroxylation is 2. The van der Waals surface area contributed by atoms with Gasteiger partial charge < -0.3 is 4.74 Å². The van der Waals surface area contributed by atoms with Gasteiger partial charge >= 0.3 is 5.97 Å². The van der Waals surface area contributed by atoms with Crippen molar-refractivity contribution < 1.29 is 9.53 Å². The normalized spacial score (nSPS) is 11.3. The molecule has 4 rings (SSSR count). The zero-order valence-corrected chi connectivity index (χ0v) is 18.8. The van der Waals surface area contributed by atoms with Gasteiger partial charge in [0.2, 0.25) is 0 Å². The van der Waals surface area contributed by atoms with E-state index in [4.69, 9.17) is 4.74 Å². The van der Waals surface area contributed by atoms with Gasteiger partial charge in [0.25, 0.3) is 5.56 Å². The van der Waals surface area contributed by atoms with Gasteiger partial charge in [0.05, 0.1) is 29.9 Å². The average Bonchev–Trinajstić information content (AvgIpc) is 3.07. The molecule has 4 aromatic rings. The van der Waals surface area contributed by atoms with Crippen LogP contribution in [0.15, 0.2) is 59.7 Å². The number of rotatable bonds is 5. The van der Waals surface area contributed by atoms with E-state index in [-0.39, 0.29) is 17.6 Å². The molecule has 0 aliphatic heterocycles. The van der Waals surface area contributed by atoms with Crippen molar-refractivity contribution in [2.75, 3.05) is 0 Å². The molecule has 0 aliphatic rings. The number of aromatic nitrogens is 2. The standard InChI is InChI=1S/C25H24N2O3S/c1-15(2)30-25(29)20-11-7-18(8-12-20)13-27-14-26-23-22(24(27)28)21(17(4)31-23)19-9-5-16(3)6-10-19/h5-12,14-15H,13H2,1-4H3. The molecule has 2 heterocycles. The number of hydrogen-bond acceptors (Lipinski definition) is 5. The number of ether oxygens (including phenoxy) is 1. The van der Waals surface area contributed by atoms with Crippen LogP contribution in [0, 0.1) is 13.8 Å². The van der Waals surface area contributed by atoms with Crippen molar-refractivity contribution >= 4 is 27.5 Å². The summed E-state index contributed by atoms with van der Waals surface area (Å²) in [5.41, 5.74) is 4.50. The summed E-state index contributed by atoms with van der Waals surface area (Å²) in [6, 6.07) is 15.3. The summed E-state index contributed by atoms with van der Waals surface area (Å²) < 4.78 is 6.84. The van der Waals surface area contributed by atoms with Crippen LogP contribution in [0.2, 0.25) is 0 Å². The summed E-state index contributed by atoms with van der Waals surface area (Å²) >= 11 is 1.54. The minimum Gasteiger partial charge on any atom is -0.459 e. The number of thiophene rings is 1. The van der Waals surface area contributed by atoms with Gasteiger partial charge in [-0.1, -0.05) is 42.0 Å². The van der Waals surface area contributed by atoms with E-state index in [1.807, 2.05) is 39.8 Å². The number of carbonyl (C=O) groups excluding carboxylic acids is 1. The number of hydrogen-bond donors (Lipinski definition) is 0.